The highest BCUT2D eigenvalue weighted by atomic mass is 32.1. The number of thiol groups is 1. The summed E-state index contributed by atoms with van der Waals surface area (Å²) in [4.78, 5) is 11.0. The fourth-order valence-corrected chi connectivity index (χ4v) is 2.27. The molecule has 0 fully saturated rings. The van der Waals surface area contributed by atoms with Crippen molar-refractivity contribution in [2.24, 2.45) is 0 Å². The molecule has 0 bridgehead atoms. The van der Waals surface area contributed by atoms with E-state index in [1.54, 1.807) is 6.07 Å². The summed E-state index contributed by atoms with van der Waals surface area (Å²) < 4.78 is 5.13. The minimum atomic E-state index is -0.302. The summed E-state index contributed by atoms with van der Waals surface area (Å²) in [5.41, 5.74) is 3.52. The second-order valence-electron chi connectivity index (χ2n) is 4.34. The molecule has 2 aromatic rings. The molecule has 0 amide bonds. The molecule has 3 heteroatoms. The van der Waals surface area contributed by atoms with Gasteiger partial charge in [0.05, 0.1) is 0 Å². The lowest BCUT2D eigenvalue weighted by atomic mass is 10.0. The monoisotopic (exact) mass is 272 g/mol. The summed E-state index contributed by atoms with van der Waals surface area (Å²) in [6, 6.07) is 15.9. The fraction of sp³-hybridized carbons (Fsp3) is 0.188. The Kier molecular flexibility index (Phi) is 4.63. The number of hydrogen-bond acceptors (Lipinski definition) is 3. The second-order valence-corrected chi connectivity index (χ2v) is 4.66. The molecule has 19 heavy (non-hydrogen) atoms. The van der Waals surface area contributed by atoms with E-state index in [4.69, 9.17) is 4.74 Å². The molecule has 0 aliphatic heterocycles. The van der Waals surface area contributed by atoms with Crippen LogP contribution in [0.25, 0.3) is 0 Å². The maximum absolute atomic E-state index is 11.0. The lowest BCUT2D eigenvalue weighted by molar-refractivity contribution is -0.131. The van der Waals surface area contributed by atoms with E-state index in [-0.39, 0.29) is 5.97 Å². The molecule has 0 atom stereocenters. The molecule has 0 saturated heterocycles. The number of hydrogen-bond donors (Lipinski definition) is 1. The first-order valence-corrected chi connectivity index (χ1v) is 6.77. The molecule has 0 aromatic heterocycles. The van der Waals surface area contributed by atoms with E-state index in [1.165, 1.54) is 12.5 Å². The zero-order chi connectivity index (χ0) is 13.7. The molecule has 0 aliphatic carbocycles. The number of rotatable bonds is 4. The highest BCUT2D eigenvalue weighted by molar-refractivity contribution is 7.79. The Morgan fingerprint density at radius 2 is 1.84 bits per heavy atom. The molecule has 98 valence electrons. The van der Waals surface area contributed by atoms with E-state index in [0.717, 1.165) is 17.5 Å². The molecule has 0 unspecified atom stereocenters. The van der Waals surface area contributed by atoms with Crippen LogP contribution in [0.3, 0.4) is 0 Å². The number of carbonyl (C=O) groups excluding carboxylic acids is 1. The lowest BCUT2D eigenvalue weighted by Crippen LogP contribution is -2.03. The smallest absolute Gasteiger partial charge is 0.308 e. The van der Waals surface area contributed by atoms with E-state index in [0.29, 0.717) is 11.5 Å². The molecule has 2 nitrogen and oxygen atoms in total. The molecule has 2 rings (SSSR count). The first-order valence-electron chi connectivity index (χ1n) is 6.14. The van der Waals surface area contributed by atoms with Gasteiger partial charge in [0.2, 0.25) is 0 Å². The summed E-state index contributed by atoms with van der Waals surface area (Å²) >= 11 is 4.34. The van der Waals surface area contributed by atoms with Crippen molar-refractivity contribution in [2.75, 3.05) is 0 Å². The van der Waals surface area contributed by atoms with Crippen LogP contribution < -0.4 is 4.74 Å². The van der Waals surface area contributed by atoms with Gasteiger partial charge in [0.25, 0.3) is 0 Å². The van der Waals surface area contributed by atoms with Crippen LogP contribution in [0.4, 0.5) is 0 Å². The zero-order valence-electron chi connectivity index (χ0n) is 10.8. The predicted molar refractivity (Wildman–Crippen MR) is 79.7 cm³/mol. The molecule has 0 saturated carbocycles. The van der Waals surface area contributed by atoms with Crippen LogP contribution >= 0.6 is 12.6 Å². The Morgan fingerprint density at radius 1 is 1.11 bits per heavy atom. The first kappa shape index (κ1) is 13.7. The highest BCUT2D eigenvalue weighted by Crippen LogP contribution is 2.22. The van der Waals surface area contributed by atoms with Crippen LogP contribution in [-0.4, -0.2) is 5.97 Å². The summed E-state index contributed by atoms with van der Waals surface area (Å²) in [5, 5.41) is 0. The summed E-state index contributed by atoms with van der Waals surface area (Å²) in [6.45, 7) is 1.41. The van der Waals surface area contributed by atoms with E-state index in [1.807, 2.05) is 30.3 Å². The SMILES string of the molecule is CC(=O)Oc1ccc(CS)c(Cc2ccccc2)c1. The third-order valence-electron chi connectivity index (χ3n) is 2.85. The Hall–Kier alpha value is -1.74. The molecule has 0 aliphatic rings. The van der Waals surface area contributed by atoms with E-state index >= 15 is 0 Å². The van der Waals surface area contributed by atoms with Crippen LogP contribution in [0.1, 0.15) is 23.6 Å². The minimum absolute atomic E-state index is 0.302. The van der Waals surface area contributed by atoms with Gasteiger partial charge >= 0.3 is 5.97 Å². The van der Waals surface area contributed by atoms with Crippen LogP contribution in [0.2, 0.25) is 0 Å². The summed E-state index contributed by atoms with van der Waals surface area (Å²) in [6.07, 6.45) is 0.811. The quantitative estimate of drug-likeness (QED) is 0.522. The summed E-state index contributed by atoms with van der Waals surface area (Å²) in [7, 11) is 0. The van der Waals surface area contributed by atoms with Crippen LogP contribution in [0, 0.1) is 0 Å². The van der Waals surface area contributed by atoms with Crippen molar-refractivity contribution in [2.45, 2.75) is 19.1 Å². The molecular formula is C16H16O2S. The van der Waals surface area contributed by atoms with Gasteiger partial charge in [-0.25, -0.2) is 0 Å². The molecular weight excluding hydrogens is 256 g/mol. The van der Waals surface area contributed by atoms with E-state index < -0.39 is 0 Å². The number of esters is 1. The average Bonchev–Trinajstić information content (AvgIpc) is 2.39. The summed E-state index contributed by atoms with van der Waals surface area (Å²) in [5.74, 6) is 0.955. The number of carbonyl (C=O) groups is 1. The fourth-order valence-electron chi connectivity index (χ4n) is 1.97. The van der Waals surface area contributed by atoms with Crippen LogP contribution in [-0.2, 0) is 17.0 Å². The Bertz CT molecular complexity index is 564. The Labute approximate surface area is 118 Å². The third-order valence-corrected chi connectivity index (χ3v) is 3.19. The molecule has 0 radical (unpaired) electrons. The molecule has 0 heterocycles. The van der Waals surface area contributed by atoms with Gasteiger partial charge in [-0.1, -0.05) is 36.4 Å². The van der Waals surface area contributed by atoms with Crippen molar-refractivity contribution in [1.29, 1.82) is 0 Å². The standard InChI is InChI=1S/C16H16O2S/c1-12(17)18-16-8-7-14(11-19)15(10-16)9-13-5-3-2-4-6-13/h2-8,10,19H,9,11H2,1H3. The van der Waals surface area contributed by atoms with E-state index in [9.17, 15) is 4.79 Å². The minimum Gasteiger partial charge on any atom is -0.427 e. The largest absolute Gasteiger partial charge is 0.427 e. The highest BCUT2D eigenvalue weighted by Gasteiger charge is 2.06. The number of ether oxygens (including phenoxy) is 1. The van der Waals surface area contributed by atoms with Gasteiger partial charge in [0.1, 0.15) is 5.75 Å². The van der Waals surface area contributed by atoms with Crippen molar-refractivity contribution in [3.63, 3.8) is 0 Å². The van der Waals surface area contributed by atoms with Gasteiger partial charge in [-0.05, 0) is 35.2 Å². The molecule has 0 N–H and O–H groups in total. The van der Waals surface area contributed by atoms with Crippen molar-refractivity contribution in [1.82, 2.24) is 0 Å². The molecule has 2 aromatic carbocycles. The van der Waals surface area contributed by atoms with Gasteiger partial charge in [0, 0.05) is 12.7 Å². The van der Waals surface area contributed by atoms with Gasteiger partial charge in [-0.15, -0.1) is 0 Å². The van der Waals surface area contributed by atoms with Crippen molar-refractivity contribution < 1.29 is 9.53 Å². The number of benzene rings is 2. The maximum Gasteiger partial charge on any atom is 0.308 e. The van der Waals surface area contributed by atoms with Crippen LogP contribution in [0.15, 0.2) is 48.5 Å². The van der Waals surface area contributed by atoms with Gasteiger partial charge in [-0.2, -0.15) is 12.6 Å². The maximum atomic E-state index is 11.0. The Morgan fingerprint density at radius 3 is 2.47 bits per heavy atom. The molecule has 0 spiro atoms. The van der Waals surface area contributed by atoms with Crippen LogP contribution in [0.5, 0.6) is 5.75 Å². The third kappa shape index (κ3) is 3.86. The van der Waals surface area contributed by atoms with Gasteiger partial charge < -0.3 is 4.74 Å². The average molecular weight is 272 g/mol. The van der Waals surface area contributed by atoms with Crippen molar-refractivity contribution in [3.05, 3.63) is 65.2 Å². The Balaban J connectivity index is 2.28. The lowest BCUT2D eigenvalue weighted by Gasteiger charge is -2.10. The first-order chi connectivity index (χ1) is 9.19. The van der Waals surface area contributed by atoms with Crippen molar-refractivity contribution >= 4 is 18.6 Å². The topological polar surface area (TPSA) is 26.3 Å². The van der Waals surface area contributed by atoms with Gasteiger partial charge in [0.15, 0.2) is 0 Å². The van der Waals surface area contributed by atoms with Crippen molar-refractivity contribution in [3.8, 4) is 5.75 Å². The second kappa shape index (κ2) is 6.43. The predicted octanol–water partition coefficient (Wildman–Crippen LogP) is 3.63. The van der Waals surface area contributed by atoms with Gasteiger partial charge in [-0.3, -0.25) is 4.79 Å². The van der Waals surface area contributed by atoms with E-state index in [2.05, 4.69) is 24.8 Å². The zero-order valence-corrected chi connectivity index (χ0v) is 11.7. The normalized spacial score (nSPS) is 10.2.